The average molecular weight is 1420 g/mol. The monoisotopic (exact) mass is 1420 g/mol. The smallest absolute Gasteiger partial charge is 0.184 e. The molecule has 0 aromatic heterocycles. The third kappa shape index (κ3) is 13.9. The molecular formula is C62H122O3Si18. The zero-order valence-corrected chi connectivity index (χ0v) is 82.2. The van der Waals surface area contributed by atoms with Gasteiger partial charge in [-0.25, -0.2) is 0 Å². The predicted octanol–water partition coefficient (Wildman–Crippen LogP) is 4.99. The first-order chi connectivity index (χ1) is 39.8. The average Bonchev–Trinajstić information content (AvgIpc) is 2.02. The van der Waals surface area contributed by atoms with Crippen LogP contribution in [-0.4, -0.2) is 185 Å². The summed E-state index contributed by atoms with van der Waals surface area (Å²) in [4.78, 5) is 0. The minimum atomic E-state index is -0.933. The number of allylic oxidation sites excluding steroid dienone is 8. The quantitative estimate of drug-likeness (QED) is 0.248. The molecule has 2 aromatic rings. The van der Waals surface area contributed by atoms with Crippen LogP contribution in [0.25, 0.3) is 0 Å². The maximum absolute atomic E-state index is 6.23. The lowest BCUT2D eigenvalue weighted by molar-refractivity contribution is 0.263. The number of hydrogen-bond donors (Lipinski definition) is 0. The first-order valence-electron chi connectivity index (χ1n) is 35.1. The van der Waals surface area contributed by atoms with Gasteiger partial charge in [-0.2, -0.15) is 0 Å². The highest BCUT2D eigenvalue weighted by molar-refractivity contribution is 7.42. The van der Waals surface area contributed by atoms with Crippen molar-refractivity contribution in [2.45, 2.75) is 212 Å². The van der Waals surface area contributed by atoms with E-state index in [1.165, 1.54) is 52.9 Å². The Morgan fingerprint density at radius 1 is 0.373 bits per heavy atom. The first kappa shape index (κ1) is 69.6. The van der Waals surface area contributed by atoms with Gasteiger partial charge in [0.1, 0.15) is 0 Å². The number of fused-ring (bicyclic) bond motifs is 8. The maximum atomic E-state index is 6.23. The van der Waals surface area contributed by atoms with Gasteiger partial charge in [0.15, 0.2) is 27.1 Å². The van der Waals surface area contributed by atoms with Gasteiger partial charge in [-0.05, 0) is 119 Å². The normalized spacial score (nSPS) is 42.6. The van der Waals surface area contributed by atoms with E-state index in [1.54, 1.807) is 0 Å². The van der Waals surface area contributed by atoms with Crippen molar-refractivity contribution in [2.24, 2.45) is 17.8 Å². The van der Waals surface area contributed by atoms with Gasteiger partial charge in [0.2, 0.25) is 0 Å². The predicted molar refractivity (Wildman–Crippen MR) is 431 cm³/mol. The van der Waals surface area contributed by atoms with Gasteiger partial charge in [-0.3, -0.25) is 0 Å². The highest BCUT2D eigenvalue weighted by Crippen LogP contribution is 2.63. The van der Waals surface area contributed by atoms with E-state index < -0.39 is 42.3 Å². The van der Waals surface area contributed by atoms with Crippen LogP contribution in [0, 0.1) is 17.8 Å². The van der Waals surface area contributed by atoms with Crippen LogP contribution in [0.4, 0.5) is 0 Å². The van der Waals surface area contributed by atoms with Crippen molar-refractivity contribution < 1.29 is 13.3 Å². The molecule has 4 bridgehead atoms. The van der Waals surface area contributed by atoms with Gasteiger partial charge in [0, 0.05) is 166 Å². The SMILES string of the molecule is C[SiH2]C1C2=C(C([SiH2]C)c3ccccc31)C([SiH2]C)C([SiH2]C)C([SiH2]C)C2[SiH2]C.C[SiH2]C1c2ccccc2C([SiH2]C)C([SiH2]C)C1[SiH2]C.C[SiH]1OC([SiH3])C2C=CC1C=C2.C[SiH]1OC([SiH3])C2C=CC3C([SiH3])O[SiH](C)C3C21.C[Si]1(C)C2C=CC(C=C2)[Si]1(C)C. The van der Waals surface area contributed by atoms with Gasteiger partial charge in [-0.15, -0.1) is 0 Å². The molecule has 6 heterocycles. The molecule has 2 aromatic carbocycles. The summed E-state index contributed by atoms with van der Waals surface area (Å²) >= 11 is 0. The lowest BCUT2D eigenvalue weighted by Crippen LogP contribution is -2.62. The van der Waals surface area contributed by atoms with E-state index in [0.717, 1.165) is 67.2 Å². The van der Waals surface area contributed by atoms with E-state index in [0.29, 0.717) is 28.6 Å². The van der Waals surface area contributed by atoms with E-state index in [9.17, 15) is 0 Å². The molecule has 0 radical (unpaired) electrons. The van der Waals surface area contributed by atoms with Crippen LogP contribution in [0.5, 0.6) is 0 Å². The number of benzene rings is 2. The van der Waals surface area contributed by atoms with Crippen molar-refractivity contribution in [1.29, 1.82) is 0 Å². The highest BCUT2D eigenvalue weighted by Gasteiger charge is 2.55. The van der Waals surface area contributed by atoms with Crippen molar-refractivity contribution in [2.75, 3.05) is 0 Å². The van der Waals surface area contributed by atoms with E-state index in [2.05, 4.69) is 232 Å². The van der Waals surface area contributed by atoms with E-state index in [1.807, 2.05) is 22.3 Å². The Bertz CT molecular complexity index is 2450. The molecule has 460 valence electrons. The van der Waals surface area contributed by atoms with Crippen molar-refractivity contribution >= 4 is 168 Å². The fourth-order valence-electron chi connectivity index (χ4n) is 19.9. The molecule has 0 spiro atoms. The van der Waals surface area contributed by atoms with E-state index in [-0.39, 0.29) is 95.2 Å². The largest absolute Gasteiger partial charge is 0.421 e. The molecule has 3 nitrogen and oxygen atoms in total. The Morgan fingerprint density at radius 2 is 0.699 bits per heavy atom. The fourth-order valence-corrected chi connectivity index (χ4v) is 78.8. The lowest BCUT2D eigenvalue weighted by Gasteiger charge is -2.52. The summed E-state index contributed by atoms with van der Waals surface area (Å²) in [5.74, 6) is 2.16. The molecule has 14 rings (SSSR count). The molecule has 21 heteroatoms. The molecule has 6 aliphatic heterocycles. The number of rotatable bonds is 10. The molecule has 12 aliphatic rings. The molecule has 6 aliphatic carbocycles. The minimum Gasteiger partial charge on any atom is -0.421 e. The zero-order valence-electron chi connectivity index (χ0n) is 56.5. The number of hydrogen-bond acceptors (Lipinski definition) is 3. The van der Waals surface area contributed by atoms with Gasteiger partial charge >= 0.3 is 0 Å². The van der Waals surface area contributed by atoms with Crippen molar-refractivity contribution in [3.63, 3.8) is 0 Å². The summed E-state index contributed by atoms with van der Waals surface area (Å²) in [5.41, 5.74) is 28.5. The fraction of sp³-hybridized carbons (Fsp3) is 0.613. The third-order valence-electron chi connectivity index (χ3n) is 25.0. The first-order valence-corrected chi connectivity index (χ1v) is 74.9. The summed E-state index contributed by atoms with van der Waals surface area (Å²) in [6.45, 7) is 43.7. The Balaban J connectivity index is 0.000000140. The molecular weight excluding hydrogens is 1300 g/mol. The van der Waals surface area contributed by atoms with E-state index >= 15 is 0 Å². The molecule has 2 fully saturated rings. The molecule has 0 amide bonds. The summed E-state index contributed by atoms with van der Waals surface area (Å²) in [6.07, 6.45) is 24.2. The Hall–Kier alpha value is 0.664. The van der Waals surface area contributed by atoms with Crippen molar-refractivity contribution in [3.8, 4) is 0 Å². The Labute approximate surface area is 548 Å². The van der Waals surface area contributed by atoms with Gasteiger partial charge in [0.05, 0.1) is 15.2 Å². The van der Waals surface area contributed by atoms with Crippen LogP contribution in [0.15, 0.2) is 120 Å². The second-order valence-electron chi connectivity index (χ2n) is 29.0. The highest BCUT2D eigenvalue weighted by atomic mass is 29.3. The van der Waals surface area contributed by atoms with Crippen LogP contribution in [-0.2, 0) is 13.3 Å². The third-order valence-corrected chi connectivity index (χ3v) is 81.2. The summed E-state index contributed by atoms with van der Waals surface area (Å²) in [5, 5.41) is 0. The maximum Gasteiger partial charge on any atom is 0.184 e. The zero-order chi connectivity index (χ0) is 60.2. The van der Waals surface area contributed by atoms with Crippen molar-refractivity contribution in [1.82, 2.24) is 0 Å². The Kier molecular flexibility index (Phi) is 25.9. The van der Waals surface area contributed by atoms with Crippen LogP contribution < -0.4 is 0 Å². The van der Waals surface area contributed by atoms with E-state index in [4.69, 9.17) is 13.3 Å². The Morgan fingerprint density at radius 3 is 1.01 bits per heavy atom. The summed E-state index contributed by atoms with van der Waals surface area (Å²) in [6, 6.07) is 19.3. The van der Waals surface area contributed by atoms with Gasteiger partial charge in [0.25, 0.3) is 0 Å². The molecule has 20 unspecified atom stereocenters. The van der Waals surface area contributed by atoms with Crippen LogP contribution in [0.2, 0.25) is 172 Å². The lowest BCUT2D eigenvalue weighted by atomic mass is 9.76. The molecule has 0 saturated carbocycles. The minimum absolute atomic E-state index is 0.0394. The molecule has 0 N–H and O–H groups in total. The second kappa shape index (κ2) is 30.9. The van der Waals surface area contributed by atoms with Crippen LogP contribution in [0.1, 0.15) is 44.4 Å². The molecule has 2 saturated heterocycles. The van der Waals surface area contributed by atoms with Gasteiger partial charge < -0.3 is 13.3 Å². The topological polar surface area (TPSA) is 27.7 Å². The standard InChI is InChI=1S/C20H40Si6.C14H28Si4.C10H22O2Si4.C10H18Si2.C8H14OSi2/c1-21-15-11-9-7-8-10-12(11)16(22-2)14-13(15)17(23-3)19(25-5)20(26-6)18(14)24-4;1-15-11-9-7-5-6-8-10(9)12(16-2)14(18-4)13(11)17-3;1-15-7-5(9(13)11-15)3-4-6-8(7)16(2)12-10(6)14;1-11(2)9-5-7-10(8-6-9)12(11,3)4;1-11-7-4-2-6(3-5-7)8(10)9-11/h7-10,15-20H,21-26H2,1-6H3;5-8,11-14H,15-18H2,1-4H3;3-10,15-16H,1-2,13-14H3;5-10H,1-4H3;2-8,11H,1,10H3. The molecule has 20 atom stereocenters. The summed E-state index contributed by atoms with van der Waals surface area (Å²) in [7, 11) is -0.280. The van der Waals surface area contributed by atoms with Gasteiger partial charge in [-0.1, -0.05) is 212 Å². The van der Waals surface area contributed by atoms with Crippen molar-refractivity contribution in [3.05, 3.63) is 143 Å². The second-order valence-corrected chi connectivity index (χ2v) is 72.8. The molecule has 83 heavy (non-hydrogen) atoms. The van der Waals surface area contributed by atoms with Crippen LogP contribution >= 0.6 is 0 Å². The van der Waals surface area contributed by atoms with Crippen LogP contribution in [0.3, 0.4) is 0 Å². The summed E-state index contributed by atoms with van der Waals surface area (Å²) < 4.78 is 18.4.